The van der Waals surface area contributed by atoms with Gasteiger partial charge in [0.15, 0.2) is 5.52 Å². The molecule has 29 heavy (non-hydrogen) atoms. The summed E-state index contributed by atoms with van der Waals surface area (Å²) in [5, 5.41) is 30.8. The van der Waals surface area contributed by atoms with E-state index in [1.807, 2.05) is 12.3 Å². The van der Waals surface area contributed by atoms with E-state index in [0.717, 1.165) is 36.1 Å². The van der Waals surface area contributed by atoms with Gasteiger partial charge in [-0.05, 0) is 6.07 Å². The molecule has 0 N–H and O–H groups in total. The highest BCUT2D eigenvalue weighted by atomic mass is 32.1. The lowest BCUT2D eigenvalue weighted by atomic mass is 9.41. The number of aromatic nitrogens is 5. The van der Waals surface area contributed by atoms with E-state index in [9.17, 15) is 10.1 Å². The fraction of sp³-hybridized carbons (Fsp3) is 0.333. The number of nitriles is 1. The normalized spacial score (nSPS) is 15.2. The first kappa shape index (κ1) is 17.8. The number of benzene rings is 1. The molecule has 0 aliphatic carbocycles. The van der Waals surface area contributed by atoms with Crippen molar-refractivity contribution in [3.8, 4) is 16.5 Å². The number of aryl methyl sites for hydroxylation is 1. The van der Waals surface area contributed by atoms with Gasteiger partial charge in [-0.3, -0.25) is 14.8 Å². The highest BCUT2D eigenvalue weighted by Crippen LogP contribution is 2.36. The van der Waals surface area contributed by atoms with Gasteiger partial charge in [-0.2, -0.15) is 10.2 Å². The molecule has 1 saturated heterocycles. The van der Waals surface area contributed by atoms with Gasteiger partial charge < -0.3 is 0 Å². The number of hydrogen-bond donors (Lipinski definition) is 0. The molecule has 1 aliphatic heterocycles. The van der Waals surface area contributed by atoms with Crippen molar-refractivity contribution in [3.05, 3.63) is 40.3 Å². The maximum absolute atomic E-state index is 11.5. The van der Waals surface area contributed by atoms with Gasteiger partial charge in [0, 0.05) is 42.1 Å². The van der Waals surface area contributed by atoms with Crippen LogP contribution in [-0.2, 0) is 7.05 Å². The zero-order chi connectivity index (χ0) is 20.1. The van der Waals surface area contributed by atoms with E-state index >= 15 is 0 Å². The molecule has 144 valence electrons. The first-order chi connectivity index (χ1) is 14.0. The number of fused-ring (bicyclic) bond motifs is 2. The van der Waals surface area contributed by atoms with Gasteiger partial charge in [-0.1, -0.05) is 36.8 Å². The van der Waals surface area contributed by atoms with Gasteiger partial charge in [0.2, 0.25) is 4.96 Å². The van der Waals surface area contributed by atoms with Gasteiger partial charge in [-0.15, -0.1) is 0 Å². The van der Waals surface area contributed by atoms with Crippen LogP contribution >= 0.6 is 11.3 Å². The largest absolute Gasteiger partial charge is 0.298 e. The summed E-state index contributed by atoms with van der Waals surface area (Å²) in [5.41, 5.74) is 2.04. The van der Waals surface area contributed by atoms with Crippen LogP contribution in [-0.4, -0.2) is 36.0 Å². The van der Waals surface area contributed by atoms with Crippen molar-refractivity contribution in [2.24, 2.45) is 7.05 Å². The molecule has 0 saturated carbocycles. The molecule has 0 radical (unpaired) electrons. The average molecular weight is 405 g/mol. The molecule has 9 nitrogen and oxygen atoms in total. The van der Waals surface area contributed by atoms with E-state index in [1.54, 1.807) is 22.4 Å². The van der Waals surface area contributed by atoms with Crippen molar-refractivity contribution >= 4 is 39.6 Å². The van der Waals surface area contributed by atoms with E-state index in [-0.39, 0.29) is 12.4 Å². The third-order valence-corrected chi connectivity index (χ3v) is 6.51. The second-order valence-electron chi connectivity index (χ2n) is 7.47. The summed E-state index contributed by atoms with van der Waals surface area (Å²) in [6, 6.07) is 3.40. The van der Waals surface area contributed by atoms with Crippen LogP contribution in [0.2, 0.25) is 12.6 Å². The molecule has 0 amide bonds. The minimum Gasteiger partial charge on any atom is -0.274 e. The number of nitro benzene ring substituents is 1. The topological polar surface area (TPSA) is 115 Å². The molecule has 5 rings (SSSR count). The molecule has 4 heterocycles. The van der Waals surface area contributed by atoms with Crippen LogP contribution in [0.1, 0.15) is 24.5 Å². The number of imidazole rings is 1. The highest BCUT2D eigenvalue weighted by Gasteiger charge is 2.27. The van der Waals surface area contributed by atoms with Crippen molar-refractivity contribution < 1.29 is 4.92 Å². The third kappa shape index (κ3) is 3.05. The first-order valence-corrected chi connectivity index (χ1v) is 10.2. The zero-order valence-corrected chi connectivity index (χ0v) is 16.5. The fourth-order valence-corrected chi connectivity index (χ4v) is 4.92. The van der Waals surface area contributed by atoms with Crippen molar-refractivity contribution in [1.29, 1.82) is 5.26 Å². The maximum Gasteiger partial charge on any atom is 0.298 e. The second kappa shape index (κ2) is 6.67. The minimum atomic E-state index is -0.409. The monoisotopic (exact) mass is 405 g/mol. The molecule has 4 aromatic rings. The number of nitrogens with zero attached hydrogens (tertiary/aromatic N) is 7. The number of rotatable bonds is 3. The smallest absolute Gasteiger partial charge is 0.274 e. The Morgan fingerprint density at radius 2 is 2.10 bits per heavy atom. The van der Waals surface area contributed by atoms with E-state index in [1.165, 1.54) is 17.4 Å². The Balaban J connectivity index is 1.49. The number of nitro groups is 1. The maximum atomic E-state index is 11.5. The predicted molar refractivity (Wildman–Crippen MR) is 110 cm³/mol. The Kier molecular flexibility index (Phi) is 4.10. The zero-order valence-electron chi connectivity index (χ0n) is 15.6. The summed E-state index contributed by atoms with van der Waals surface area (Å²) in [6.45, 7) is 0.165. The van der Waals surface area contributed by atoms with Crippen molar-refractivity contribution in [3.63, 3.8) is 0 Å². The highest BCUT2D eigenvalue weighted by molar-refractivity contribution is 7.19. The Bertz CT molecular complexity index is 1260. The summed E-state index contributed by atoms with van der Waals surface area (Å²) in [5.74, 6) is 2.73. The van der Waals surface area contributed by atoms with Crippen molar-refractivity contribution in [2.45, 2.75) is 31.4 Å². The first-order valence-electron chi connectivity index (χ1n) is 9.39. The van der Waals surface area contributed by atoms with Crippen LogP contribution in [0.5, 0.6) is 0 Å². The van der Waals surface area contributed by atoms with Gasteiger partial charge in [-0.25, -0.2) is 14.8 Å². The van der Waals surface area contributed by atoms with Gasteiger partial charge in [0.1, 0.15) is 5.01 Å². The molecule has 0 atom stereocenters. The molecule has 1 fully saturated rings. The van der Waals surface area contributed by atoms with Gasteiger partial charge in [0.05, 0.1) is 16.8 Å². The molecule has 0 bridgehead atoms. The summed E-state index contributed by atoms with van der Waals surface area (Å²) < 4.78 is 3.33. The molecule has 1 aliphatic rings. The summed E-state index contributed by atoms with van der Waals surface area (Å²) >= 11 is 1.41. The fourth-order valence-electron chi connectivity index (χ4n) is 4.05. The minimum absolute atomic E-state index is 0.0270. The van der Waals surface area contributed by atoms with Crippen LogP contribution in [0, 0.1) is 21.3 Å². The molecular formula is C18H16BN7O2S. The standard InChI is InChI=1S/C18H16BN7O2S/c1-24-8-13-6-12(7-15(26(27)28)16(13)22-24)17-23-25-9-14(21-18(25)29-17)11-2-4-19(10-20)5-3-11/h6-9,11H,2-5H2,1H3. The lowest BCUT2D eigenvalue weighted by Gasteiger charge is -2.21. The summed E-state index contributed by atoms with van der Waals surface area (Å²) in [4.78, 5) is 16.6. The average Bonchev–Trinajstić information content (AvgIpc) is 3.38. The predicted octanol–water partition coefficient (Wildman–Crippen LogP) is 3.69. The lowest BCUT2D eigenvalue weighted by Crippen LogP contribution is -2.19. The van der Waals surface area contributed by atoms with Crippen molar-refractivity contribution in [1.82, 2.24) is 24.4 Å². The molecule has 0 unspecified atom stereocenters. The number of non-ortho nitro benzene ring substituents is 1. The van der Waals surface area contributed by atoms with E-state index in [0.29, 0.717) is 27.4 Å². The quantitative estimate of drug-likeness (QED) is 0.292. The Morgan fingerprint density at radius 3 is 2.79 bits per heavy atom. The SMILES string of the molecule is Cn1cc2cc(-c3nn4cc(C5CCB(C#N)CC5)nc4s3)cc([N+](=O)[O-])c2n1. The third-order valence-electron chi connectivity index (χ3n) is 5.54. The lowest BCUT2D eigenvalue weighted by molar-refractivity contribution is -0.383. The molecule has 0 spiro atoms. The van der Waals surface area contributed by atoms with Gasteiger partial charge in [0.25, 0.3) is 12.4 Å². The molecule has 3 aromatic heterocycles. The van der Waals surface area contributed by atoms with Crippen LogP contribution in [0.25, 0.3) is 26.4 Å². The van der Waals surface area contributed by atoms with E-state index in [4.69, 9.17) is 10.2 Å². The summed E-state index contributed by atoms with van der Waals surface area (Å²) in [7, 11) is 1.74. The van der Waals surface area contributed by atoms with Crippen molar-refractivity contribution in [2.75, 3.05) is 0 Å². The molecular weight excluding hydrogens is 389 g/mol. The van der Waals surface area contributed by atoms with Crippen LogP contribution in [0.15, 0.2) is 24.5 Å². The van der Waals surface area contributed by atoms with Crippen LogP contribution in [0.3, 0.4) is 0 Å². The van der Waals surface area contributed by atoms with E-state index < -0.39 is 4.92 Å². The molecule has 1 aromatic carbocycles. The van der Waals surface area contributed by atoms with Crippen LogP contribution < -0.4 is 0 Å². The van der Waals surface area contributed by atoms with E-state index in [2.05, 4.69) is 16.2 Å². The van der Waals surface area contributed by atoms with Gasteiger partial charge >= 0.3 is 0 Å². The molecule has 11 heteroatoms. The Morgan fingerprint density at radius 1 is 1.31 bits per heavy atom. The summed E-state index contributed by atoms with van der Waals surface area (Å²) in [6.07, 6.45) is 7.49. The second-order valence-corrected chi connectivity index (χ2v) is 8.43. The van der Waals surface area contributed by atoms with Crippen LogP contribution in [0.4, 0.5) is 5.69 Å². The Hall–Kier alpha value is -3.26. The Labute approximate surface area is 169 Å². The number of hydrogen-bond acceptors (Lipinski definition) is 7.